The van der Waals surface area contributed by atoms with Crippen LogP contribution in [-0.4, -0.2) is 5.75 Å². The van der Waals surface area contributed by atoms with Gasteiger partial charge >= 0.3 is 0 Å². The summed E-state index contributed by atoms with van der Waals surface area (Å²) in [5.41, 5.74) is 1.47. The Balaban J connectivity index is 1.51. The van der Waals surface area contributed by atoms with Gasteiger partial charge in [-0.1, -0.05) is 6.08 Å². The van der Waals surface area contributed by atoms with Gasteiger partial charge in [0.25, 0.3) is 0 Å². The Morgan fingerprint density at radius 2 is 1.15 bits per heavy atom. The van der Waals surface area contributed by atoms with Gasteiger partial charge in [-0.25, -0.2) is 0 Å². The van der Waals surface area contributed by atoms with Gasteiger partial charge in [-0.05, 0) is 60.2 Å². The van der Waals surface area contributed by atoms with Crippen LogP contribution in [0.25, 0.3) is 32.4 Å². The second-order valence-electron chi connectivity index (χ2n) is 6.64. The molecule has 0 radical (unpaired) electrons. The third-order valence-electron chi connectivity index (χ3n) is 4.54. The van der Waals surface area contributed by atoms with E-state index >= 15 is 0 Å². The lowest BCUT2D eigenvalue weighted by molar-refractivity contribution is 1.47. The summed E-state index contributed by atoms with van der Waals surface area (Å²) in [5, 5.41) is 35.7. The molecule has 0 saturated carbocycles. The Morgan fingerprint density at radius 3 is 1.73 bits per heavy atom. The van der Waals surface area contributed by atoms with Crippen molar-refractivity contribution < 1.29 is 0 Å². The van der Waals surface area contributed by atoms with Crippen LogP contribution in [-0.2, 0) is 0 Å². The van der Waals surface area contributed by atoms with Crippen LogP contribution < -0.4 is 0 Å². The molecule has 0 fully saturated rings. The Bertz CT molecular complexity index is 1480. The maximum absolute atomic E-state index is 8.93. The average Bonchev–Trinajstić information content (AvgIpc) is 3.62. The minimum absolute atomic E-state index is 0.103. The van der Waals surface area contributed by atoms with Crippen molar-refractivity contribution in [1.29, 1.82) is 21.0 Å². The van der Waals surface area contributed by atoms with Crippen molar-refractivity contribution in [3.05, 3.63) is 79.2 Å². The molecule has 4 nitrogen and oxygen atoms in total. The highest BCUT2D eigenvalue weighted by atomic mass is 32.2. The number of hydrogen-bond acceptors (Lipinski definition) is 8. The zero-order chi connectivity index (χ0) is 23.2. The molecule has 3 aromatic heterocycles. The molecule has 0 amide bonds. The Kier molecular flexibility index (Phi) is 7.06. The Labute approximate surface area is 207 Å². The maximum Gasteiger partial charge on any atom is 0.131 e. The van der Waals surface area contributed by atoms with E-state index < -0.39 is 0 Å². The van der Waals surface area contributed by atoms with Crippen LogP contribution in [0.3, 0.4) is 0 Å². The highest BCUT2D eigenvalue weighted by molar-refractivity contribution is 8.08. The van der Waals surface area contributed by atoms with Crippen LogP contribution in [0.2, 0.25) is 0 Å². The molecule has 0 aliphatic carbocycles. The fraction of sp³-hybridized carbons (Fsp3) is 0.0400. The summed E-state index contributed by atoms with van der Waals surface area (Å²) in [7, 11) is 0. The van der Waals surface area contributed by atoms with E-state index in [0.717, 1.165) is 30.1 Å². The molecule has 0 bridgehead atoms. The molecule has 0 N–H and O–H groups in total. The van der Waals surface area contributed by atoms with Crippen molar-refractivity contribution in [3.63, 3.8) is 0 Å². The number of nitrogens with zero attached hydrogens (tertiary/aromatic N) is 4. The Hall–Kier alpha value is -3.63. The van der Waals surface area contributed by atoms with Gasteiger partial charge in [0, 0.05) is 39.9 Å². The summed E-state index contributed by atoms with van der Waals surface area (Å²) in [6, 6.07) is 19.7. The molecule has 1 aliphatic rings. The van der Waals surface area contributed by atoms with E-state index in [1.807, 2.05) is 48.5 Å². The molecule has 0 spiro atoms. The zero-order valence-corrected chi connectivity index (χ0v) is 20.2. The van der Waals surface area contributed by atoms with E-state index in [1.54, 1.807) is 57.9 Å². The van der Waals surface area contributed by atoms with Crippen LogP contribution in [0.1, 0.15) is 19.5 Å². The molecule has 4 heterocycles. The third-order valence-corrected chi connectivity index (χ3v) is 9.24. The molecule has 156 valence electrons. The summed E-state index contributed by atoms with van der Waals surface area (Å²) in [6.45, 7) is 0. The number of allylic oxidation sites excluding steroid dienone is 4. The molecule has 0 saturated heterocycles. The fourth-order valence-corrected chi connectivity index (χ4v) is 7.24. The quantitative estimate of drug-likeness (QED) is 0.339. The van der Waals surface area contributed by atoms with E-state index in [2.05, 4.69) is 24.3 Å². The van der Waals surface area contributed by atoms with Gasteiger partial charge in [0.1, 0.15) is 35.4 Å². The summed E-state index contributed by atoms with van der Waals surface area (Å²) in [4.78, 5) is 7.57. The SMILES string of the molecule is N#CC(C#N)=Cc1ccc(C2=CC=C(c3ccc(-c4ccc(C=C(C#N)C#N)s4)s3)CS2)s1. The second-order valence-corrected chi connectivity index (χ2v) is 11.0. The standard InChI is InChI=1S/C25H12N4S4/c26-11-16(12-27)9-19-2-5-23(31-19)22-4-1-18(15-30-22)21-7-8-25(33-21)24-6-3-20(32-24)10-17(13-28)14-29/h1-10H,15H2. The molecule has 4 rings (SSSR count). The van der Waals surface area contributed by atoms with Crippen molar-refractivity contribution >= 4 is 68.4 Å². The molecular weight excluding hydrogens is 485 g/mol. The number of nitriles is 4. The van der Waals surface area contributed by atoms with Crippen LogP contribution in [0, 0.1) is 45.3 Å². The zero-order valence-electron chi connectivity index (χ0n) is 16.9. The summed E-state index contributed by atoms with van der Waals surface area (Å²) in [5.74, 6) is 0.864. The molecule has 8 heteroatoms. The predicted molar refractivity (Wildman–Crippen MR) is 139 cm³/mol. The molecular formula is C25H12N4S4. The molecule has 0 aromatic carbocycles. The molecule has 3 aromatic rings. The smallest absolute Gasteiger partial charge is 0.131 e. The van der Waals surface area contributed by atoms with Crippen molar-refractivity contribution in [2.45, 2.75) is 0 Å². The van der Waals surface area contributed by atoms with Gasteiger partial charge in [-0.15, -0.1) is 45.8 Å². The van der Waals surface area contributed by atoms with Gasteiger partial charge in [0.15, 0.2) is 0 Å². The number of hydrogen-bond donors (Lipinski definition) is 0. The van der Waals surface area contributed by atoms with Crippen LogP contribution in [0.4, 0.5) is 0 Å². The van der Waals surface area contributed by atoms with E-state index in [-0.39, 0.29) is 11.1 Å². The summed E-state index contributed by atoms with van der Waals surface area (Å²) >= 11 is 6.64. The first kappa shape index (κ1) is 22.6. The van der Waals surface area contributed by atoms with E-state index in [4.69, 9.17) is 21.0 Å². The van der Waals surface area contributed by atoms with E-state index in [0.29, 0.717) is 0 Å². The van der Waals surface area contributed by atoms with Gasteiger partial charge in [-0.2, -0.15) is 21.0 Å². The fourth-order valence-electron chi connectivity index (χ4n) is 2.97. The van der Waals surface area contributed by atoms with Crippen molar-refractivity contribution in [3.8, 4) is 34.0 Å². The largest absolute Gasteiger partial charge is 0.192 e. The van der Waals surface area contributed by atoms with Crippen molar-refractivity contribution in [2.75, 3.05) is 5.75 Å². The molecule has 0 unspecified atom stereocenters. The second kappa shape index (κ2) is 10.3. The molecule has 33 heavy (non-hydrogen) atoms. The number of thiophene rings is 3. The minimum atomic E-state index is 0.103. The lowest BCUT2D eigenvalue weighted by atomic mass is 10.2. The topological polar surface area (TPSA) is 95.2 Å². The Morgan fingerprint density at radius 1 is 0.636 bits per heavy atom. The minimum Gasteiger partial charge on any atom is -0.192 e. The number of thioether (sulfide) groups is 1. The highest BCUT2D eigenvalue weighted by Crippen LogP contribution is 2.42. The first-order valence-corrected chi connectivity index (χ1v) is 12.9. The lowest BCUT2D eigenvalue weighted by Crippen LogP contribution is -1.90. The van der Waals surface area contributed by atoms with Gasteiger partial charge < -0.3 is 0 Å². The first-order chi connectivity index (χ1) is 16.1. The van der Waals surface area contributed by atoms with Crippen molar-refractivity contribution in [1.82, 2.24) is 0 Å². The predicted octanol–water partition coefficient (Wildman–Crippen LogP) is 7.57. The van der Waals surface area contributed by atoms with Gasteiger partial charge in [-0.3, -0.25) is 0 Å². The van der Waals surface area contributed by atoms with Crippen LogP contribution in [0.5, 0.6) is 0 Å². The number of rotatable bonds is 5. The monoisotopic (exact) mass is 496 g/mol. The normalized spacial score (nSPS) is 12.2. The van der Waals surface area contributed by atoms with Gasteiger partial charge in [0.2, 0.25) is 0 Å². The summed E-state index contributed by atoms with van der Waals surface area (Å²) < 4.78 is 0. The average molecular weight is 497 g/mol. The van der Waals surface area contributed by atoms with Crippen LogP contribution in [0.15, 0.2) is 59.7 Å². The first-order valence-electron chi connectivity index (χ1n) is 9.51. The van der Waals surface area contributed by atoms with E-state index in [9.17, 15) is 0 Å². The van der Waals surface area contributed by atoms with E-state index in [1.165, 1.54) is 15.4 Å². The van der Waals surface area contributed by atoms with Crippen molar-refractivity contribution in [2.24, 2.45) is 0 Å². The maximum atomic E-state index is 8.93. The van der Waals surface area contributed by atoms with Gasteiger partial charge in [0.05, 0.1) is 0 Å². The summed E-state index contributed by atoms with van der Waals surface area (Å²) in [6.07, 6.45) is 7.50. The van der Waals surface area contributed by atoms with Crippen LogP contribution >= 0.6 is 45.8 Å². The molecule has 1 aliphatic heterocycles. The highest BCUT2D eigenvalue weighted by Gasteiger charge is 2.15. The lowest BCUT2D eigenvalue weighted by Gasteiger charge is -2.12. The molecule has 0 atom stereocenters. The third kappa shape index (κ3) is 5.24.